The number of hydrogen-bond acceptors (Lipinski definition) is 2. The zero-order valence-corrected chi connectivity index (χ0v) is 11.3. The second-order valence-corrected chi connectivity index (χ2v) is 4.48. The molecule has 0 aliphatic carbocycles. The Morgan fingerprint density at radius 1 is 1.00 bits per heavy atom. The SMILES string of the molecule is Oc1ccc2ccccc2c1.SCCCCCl. The van der Waals surface area contributed by atoms with Crippen molar-refractivity contribution in [1.29, 1.82) is 0 Å². The third-order valence-electron chi connectivity index (χ3n) is 2.27. The second kappa shape index (κ2) is 8.26. The van der Waals surface area contributed by atoms with Gasteiger partial charge in [0.2, 0.25) is 0 Å². The van der Waals surface area contributed by atoms with Gasteiger partial charge in [0.25, 0.3) is 0 Å². The van der Waals surface area contributed by atoms with Gasteiger partial charge >= 0.3 is 0 Å². The van der Waals surface area contributed by atoms with Crippen molar-refractivity contribution >= 4 is 35.0 Å². The van der Waals surface area contributed by atoms with Crippen molar-refractivity contribution in [2.45, 2.75) is 12.8 Å². The van der Waals surface area contributed by atoms with Crippen LogP contribution in [0.5, 0.6) is 5.75 Å². The molecule has 0 aliphatic heterocycles. The zero-order chi connectivity index (χ0) is 12.5. The lowest BCUT2D eigenvalue weighted by Gasteiger charge is -1.96. The number of unbranched alkanes of at least 4 members (excludes halogenated alkanes) is 1. The van der Waals surface area contributed by atoms with Crippen LogP contribution < -0.4 is 0 Å². The summed E-state index contributed by atoms with van der Waals surface area (Å²) in [4.78, 5) is 0. The highest BCUT2D eigenvalue weighted by Crippen LogP contribution is 2.18. The fourth-order valence-corrected chi connectivity index (χ4v) is 1.80. The molecule has 0 heterocycles. The number of halogens is 1. The molecule has 0 bridgehead atoms. The van der Waals surface area contributed by atoms with E-state index in [2.05, 4.69) is 12.6 Å². The van der Waals surface area contributed by atoms with Gasteiger partial charge in [0, 0.05) is 5.88 Å². The van der Waals surface area contributed by atoms with Crippen LogP contribution in [0.25, 0.3) is 10.8 Å². The van der Waals surface area contributed by atoms with E-state index in [1.54, 1.807) is 12.1 Å². The third-order valence-corrected chi connectivity index (χ3v) is 2.86. The van der Waals surface area contributed by atoms with Crippen LogP contribution in [0.1, 0.15) is 12.8 Å². The van der Waals surface area contributed by atoms with Crippen LogP contribution >= 0.6 is 24.2 Å². The molecule has 0 unspecified atom stereocenters. The average molecular weight is 269 g/mol. The molecule has 0 spiro atoms. The fraction of sp³-hybridized carbons (Fsp3) is 0.286. The van der Waals surface area contributed by atoms with Crippen LogP contribution in [0.3, 0.4) is 0 Å². The smallest absolute Gasteiger partial charge is 0.116 e. The summed E-state index contributed by atoms with van der Waals surface area (Å²) in [5.74, 6) is 2.07. The number of aromatic hydroxyl groups is 1. The highest BCUT2D eigenvalue weighted by molar-refractivity contribution is 7.80. The quantitative estimate of drug-likeness (QED) is 0.478. The molecular weight excluding hydrogens is 252 g/mol. The highest BCUT2D eigenvalue weighted by Gasteiger charge is 1.91. The molecular formula is C14H17ClOS. The molecule has 1 N–H and O–H groups in total. The fourth-order valence-electron chi connectivity index (χ4n) is 1.38. The van der Waals surface area contributed by atoms with Crippen LogP contribution in [-0.4, -0.2) is 16.7 Å². The van der Waals surface area contributed by atoms with Gasteiger partial charge in [0.05, 0.1) is 0 Å². The molecule has 0 atom stereocenters. The minimum atomic E-state index is 0.323. The van der Waals surface area contributed by atoms with Gasteiger partial charge in [-0.15, -0.1) is 11.6 Å². The molecule has 0 aromatic heterocycles. The summed E-state index contributed by atoms with van der Waals surface area (Å²) in [6.45, 7) is 0. The standard InChI is InChI=1S/C10H8O.C4H9ClS/c11-10-6-5-8-3-1-2-4-9(8)7-10;5-3-1-2-4-6/h1-7,11H;6H,1-4H2. The summed E-state index contributed by atoms with van der Waals surface area (Å²) in [5.41, 5.74) is 0. The largest absolute Gasteiger partial charge is 0.508 e. The normalized spacial score (nSPS) is 9.76. The number of fused-ring (bicyclic) bond motifs is 1. The number of thiol groups is 1. The van der Waals surface area contributed by atoms with Gasteiger partial charge < -0.3 is 5.11 Å². The molecule has 2 aromatic carbocycles. The number of benzene rings is 2. The summed E-state index contributed by atoms with van der Waals surface area (Å²) < 4.78 is 0. The molecule has 0 fully saturated rings. The first-order valence-electron chi connectivity index (χ1n) is 5.62. The van der Waals surface area contributed by atoms with Crippen LogP contribution in [-0.2, 0) is 0 Å². The van der Waals surface area contributed by atoms with E-state index in [9.17, 15) is 0 Å². The Kier molecular flexibility index (Phi) is 6.90. The maximum Gasteiger partial charge on any atom is 0.116 e. The number of phenols is 1. The Balaban J connectivity index is 0.000000209. The lowest BCUT2D eigenvalue weighted by molar-refractivity contribution is 0.476. The van der Waals surface area contributed by atoms with Crippen molar-refractivity contribution in [1.82, 2.24) is 0 Å². The van der Waals surface area contributed by atoms with E-state index in [4.69, 9.17) is 16.7 Å². The van der Waals surface area contributed by atoms with Crippen molar-refractivity contribution in [2.24, 2.45) is 0 Å². The van der Waals surface area contributed by atoms with Crippen molar-refractivity contribution in [3.05, 3.63) is 42.5 Å². The van der Waals surface area contributed by atoms with Crippen LogP contribution in [0, 0.1) is 0 Å². The third kappa shape index (κ3) is 5.33. The monoisotopic (exact) mass is 268 g/mol. The summed E-state index contributed by atoms with van der Waals surface area (Å²) in [7, 11) is 0. The van der Waals surface area contributed by atoms with Gasteiger partial charge in [0.1, 0.15) is 5.75 Å². The van der Waals surface area contributed by atoms with Gasteiger partial charge in [0.15, 0.2) is 0 Å². The number of hydrogen-bond donors (Lipinski definition) is 2. The van der Waals surface area contributed by atoms with Crippen molar-refractivity contribution in [2.75, 3.05) is 11.6 Å². The van der Waals surface area contributed by atoms with E-state index in [1.807, 2.05) is 30.3 Å². The molecule has 0 amide bonds. The predicted octanol–water partition coefficient (Wildman–Crippen LogP) is 4.48. The predicted molar refractivity (Wildman–Crippen MR) is 79.4 cm³/mol. The molecule has 17 heavy (non-hydrogen) atoms. The Labute approximate surface area is 113 Å². The molecule has 0 saturated carbocycles. The summed E-state index contributed by atoms with van der Waals surface area (Å²) in [6, 6.07) is 13.3. The maximum absolute atomic E-state index is 9.13. The first-order valence-corrected chi connectivity index (χ1v) is 6.79. The lowest BCUT2D eigenvalue weighted by Crippen LogP contribution is -1.74. The topological polar surface area (TPSA) is 20.2 Å². The number of rotatable bonds is 3. The van der Waals surface area contributed by atoms with Gasteiger partial charge in [-0.3, -0.25) is 0 Å². The molecule has 2 aromatic rings. The Hall–Kier alpha value is -0.860. The minimum Gasteiger partial charge on any atom is -0.508 e. The maximum atomic E-state index is 9.13. The van der Waals surface area contributed by atoms with E-state index in [-0.39, 0.29) is 0 Å². The Morgan fingerprint density at radius 2 is 1.71 bits per heavy atom. The summed E-state index contributed by atoms with van der Waals surface area (Å²) >= 11 is 9.34. The van der Waals surface area contributed by atoms with Crippen LogP contribution in [0.2, 0.25) is 0 Å². The van der Waals surface area contributed by atoms with Gasteiger partial charge in [-0.2, -0.15) is 12.6 Å². The molecule has 3 heteroatoms. The van der Waals surface area contributed by atoms with Crippen molar-refractivity contribution in [3.63, 3.8) is 0 Å². The molecule has 0 saturated heterocycles. The molecule has 2 rings (SSSR count). The Morgan fingerprint density at radius 3 is 2.29 bits per heavy atom. The Bertz CT molecular complexity index is 441. The summed E-state index contributed by atoms with van der Waals surface area (Å²) in [6.07, 6.45) is 2.25. The average Bonchev–Trinajstić information content (AvgIpc) is 2.37. The van der Waals surface area contributed by atoms with Gasteiger partial charge in [-0.05, 0) is 41.5 Å². The zero-order valence-electron chi connectivity index (χ0n) is 9.64. The minimum absolute atomic E-state index is 0.323. The van der Waals surface area contributed by atoms with E-state index in [0.29, 0.717) is 5.75 Å². The number of alkyl halides is 1. The van der Waals surface area contributed by atoms with E-state index >= 15 is 0 Å². The van der Waals surface area contributed by atoms with Gasteiger partial charge in [-0.25, -0.2) is 0 Å². The molecule has 0 aliphatic rings. The first kappa shape index (κ1) is 14.2. The lowest BCUT2D eigenvalue weighted by atomic mass is 10.1. The van der Waals surface area contributed by atoms with E-state index < -0.39 is 0 Å². The van der Waals surface area contributed by atoms with E-state index in [0.717, 1.165) is 35.2 Å². The number of phenolic OH excluding ortho intramolecular Hbond substituents is 1. The molecule has 92 valence electrons. The van der Waals surface area contributed by atoms with Gasteiger partial charge in [-0.1, -0.05) is 30.3 Å². The second-order valence-electron chi connectivity index (χ2n) is 3.65. The molecule has 1 nitrogen and oxygen atoms in total. The first-order chi connectivity index (χ1) is 8.27. The highest BCUT2D eigenvalue weighted by atomic mass is 35.5. The summed E-state index contributed by atoms with van der Waals surface area (Å²) in [5, 5.41) is 11.4. The molecule has 0 radical (unpaired) electrons. The van der Waals surface area contributed by atoms with Crippen LogP contribution in [0.15, 0.2) is 42.5 Å². The van der Waals surface area contributed by atoms with Crippen molar-refractivity contribution < 1.29 is 5.11 Å². The van der Waals surface area contributed by atoms with Crippen molar-refractivity contribution in [3.8, 4) is 5.75 Å². The van der Waals surface area contributed by atoms with Crippen LogP contribution in [0.4, 0.5) is 0 Å². The van der Waals surface area contributed by atoms with E-state index in [1.165, 1.54) is 0 Å².